The summed E-state index contributed by atoms with van der Waals surface area (Å²) in [4.78, 5) is 11.7. The van der Waals surface area contributed by atoms with Crippen molar-refractivity contribution in [2.24, 2.45) is 11.7 Å². The minimum atomic E-state index is -0.0574. The molecule has 0 saturated heterocycles. The van der Waals surface area contributed by atoms with Crippen molar-refractivity contribution in [1.29, 1.82) is 0 Å². The zero-order valence-electron chi connectivity index (χ0n) is 10.6. The molecule has 0 saturated carbocycles. The highest BCUT2D eigenvalue weighted by Crippen LogP contribution is 2.13. The fourth-order valence-electron chi connectivity index (χ4n) is 1.76. The van der Waals surface area contributed by atoms with Gasteiger partial charge >= 0.3 is 0 Å². The van der Waals surface area contributed by atoms with Crippen molar-refractivity contribution in [2.75, 3.05) is 13.1 Å². The second kappa shape index (κ2) is 7.07. The Morgan fingerprint density at radius 2 is 2.00 bits per heavy atom. The molecule has 0 aromatic heterocycles. The molecule has 1 aromatic rings. The number of benzene rings is 1. The lowest BCUT2D eigenvalue weighted by molar-refractivity contribution is -0.124. The molecular weight excluding hydrogens is 212 g/mol. The van der Waals surface area contributed by atoms with Crippen LogP contribution in [0.3, 0.4) is 0 Å². The highest BCUT2D eigenvalue weighted by Gasteiger charge is 2.15. The van der Waals surface area contributed by atoms with Gasteiger partial charge in [-0.2, -0.15) is 0 Å². The predicted octanol–water partition coefficient (Wildman–Crippen LogP) is 1.89. The van der Waals surface area contributed by atoms with Gasteiger partial charge in [0.05, 0.1) is 0 Å². The van der Waals surface area contributed by atoms with Gasteiger partial charge in [0.25, 0.3) is 0 Å². The molecule has 3 heteroatoms. The van der Waals surface area contributed by atoms with Crippen LogP contribution in [0.2, 0.25) is 0 Å². The number of carbonyl (C=O) groups excluding carboxylic acids is 1. The van der Waals surface area contributed by atoms with Gasteiger partial charge in [0.1, 0.15) is 0 Å². The highest BCUT2D eigenvalue weighted by molar-refractivity contribution is 5.78. The number of nitrogens with two attached hydrogens (primary N) is 1. The van der Waals surface area contributed by atoms with Crippen molar-refractivity contribution in [2.45, 2.75) is 26.2 Å². The summed E-state index contributed by atoms with van der Waals surface area (Å²) in [5.74, 6) is 0.339. The van der Waals surface area contributed by atoms with Crippen LogP contribution in [0, 0.1) is 5.92 Å². The Labute approximate surface area is 103 Å². The fraction of sp³-hybridized carbons (Fsp3) is 0.500. The third kappa shape index (κ3) is 4.19. The Bertz CT molecular complexity index is 333. The van der Waals surface area contributed by atoms with E-state index in [1.807, 2.05) is 25.1 Å². The molecule has 0 heterocycles. The van der Waals surface area contributed by atoms with E-state index in [2.05, 4.69) is 24.4 Å². The van der Waals surface area contributed by atoms with Crippen LogP contribution in [0.5, 0.6) is 0 Å². The highest BCUT2D eigenvalue weighted by atomic mass is 16.1. The van der Waals surface area contributed by atoms with E-state index < -0.39 is 0 Å². The van der Waals surface area contributed by atoms with Gasteiger partial charge < -0.3 is 11.1 Å². The third-order valence-corrected chi connectivity index (χ3v) is 3.10. The van der Waals surface area contributed by atoms with Gasteiger partial charge in [-0.05, 0) is 17.9 Å². The molecule has 1 amide bonds. The molecule has 0 aliphatic rings. The van der Waals surface area contributed by atoms with Gasteiger partial charge in [-0.3, -0.25) is 4.79 Å². The van der Waals surface area contributed by atoms with Crippen molar-refractivity contribution in [3.05, 3.63) is 35.9 Å². The molecule has 0 aliphatic heterocycles. The van der Waals surface area contributed by atoms with Crippen LogP contribution in [-0.2, 0) is 4.79 Å². The number of nitrogens with one attached hydrogen (secondary N) is 1. The summed E-state index contributed by atoms with van der Waals surface area (Å²) in [5.41, 5.74) is 6.78. The topological polar surface area (TPSA) is 55.1 Å². The van der Waals surface area contributed by atoms with Crippen LogP contribution in [0.4, 0.5) is 0 Å². The van der Waals surface area contributed by atoms with E-state index in [1.165, 1.54) is 5.56 Å². The first-order valence-electron chi connectivity index (χ1n) is 6.21. The van der Waals surface area contributed by atoms with Gasteiger partial charge in [0.2, 0.25) is 5.91 Å². The minimum absolute atomic E-state index is 0.0574. The van der Waals surface area contributed by atoms with E-state index in [0.29, 0.717) is 19.0 Å². The Balaban J connectivity index is 2.43. The molecule has 3 N–H and O–H groups in total. The maximum absolute atomic E-state index is 11.7. The lowest BCUT2D eigenvalue weighted by Crippen LogP contribution is -2.36. The van der Waals surface area contributed by atoms with Crippen LogP contribution < -0.4 is 11.1 Å². The molecule has 2 atom stereocenters. The minimum Gasteiger partial charge on any atom is -0.355 e. The Kier molecular flexibility index (Phi) is 5.70. The zero-order chi connectivity index (χ0) is 12.7. The predicted molar refractivity (Wildman–Crippen MR) is 70.7 cm³/mol. The molecule has 0 fully saturated rings. The number of hydrogen-bond donors (Lipinski definition) is 2. The summed E-state index contributed by atoms with van der Waals surface area (Å²) >= 11 is 0. The second-order valence-electron chi connectivity index (χ2n) is 4.40. The van der Waals surface area contributed by atoms with Crippen LogP contribution in [-0.4, -0.2) is 19.0 Å². The standard InChI is InChI=1S/C14H22N2O/c1-3-12(9-15)14(17)16-10-11(2)13-7-5-4-6-8-13/h4-8,11-12H,3,9-10,15H2,1-2H3,(H,16,17). The molecule has 0 bridgehead atoms. The van der Waals surface area contributed by atoms with Crippen molar-refractivity contribution in [3.8, 4) is 0 Å². The SMILES string of the molecule is CCC(CN)C(=O)NCC(C)c1ccccc1. The van der Waals surface area contributed by atoms with Gasteiger partial charge in [-0.1, -0.05) is 44.2 Å². The van der Waals surface area contributed by atoms with Gasteiger partial charge in [0.15, 0.2) is 0 Å². The van der Waals surface area contributed by atoms with E-state index in [-0.39, 0.29) is 11.8 Å². The molecule has 0 radical (unpaired) electrons. The molecule has 94 valence electrons. The molecule has 0 aliphatic carbocycles. The van der Waals surface area contributed by atoms with E-state index in [9.17, 15) is 4.79 Å². The fourth-order valence-corrected chi connectivity index (χ4v) is 1.76. The second-order valence-corrected chi connectivity index (χ2v) is 4.40. The average Bonchev–Trinajstić information content (AvgIpc) is 2.38. The lowest BCUT2D eigenvalue weighted by atomic mass is 10.0. The maximum atomic E-state index is 11.7. The van der Waals surface area contributed by atoms with Crippen molar-refractivity contribution < 1.29 is 4.79 Å². The molecule has 3 nitrogen and oxygen atoms in total. The van der Waals surface area contributed by atoms with Crippen molar-refractivity contribution >= 4 is 5.91 Å². The Hall–Kier alpha value is -1.35. The van der Waals surface area contributed by atoms with Crippen molar-refractivity contribution in [1.82, 2.24) is 5.32 Å². The number of rotatable bonds is 6. The average molecular weight is 234 g/mol. The zero-order valence-corrected chi connectivity index (χ0v) is 10.6. The largest absolute Gasteiger partial charge is 0.355 e. The molecule has 1 aromatic carbocycles. The molecular formula is C14H22N2O. The maximum Gasteiger partial charge on any atom is 0.224 e. The third-order valence-electron chi connectivity index (χ3n) is 3.10. The monoisotopic (exact) mass is 234 g/mol. The Morgan fingerprint density at radius 1 is 1.35 bits per heavy atom. The van der Waals surface area contributed by atoms with Crippen LogP contribution in [0.15, 0.2) is 30.3 Å². The van der Waals surface area contributed by atoms with Gasteiger partial charge in [-0.25, -0.2) is 0 Å². The normalized spacial score (nSPS) is 14.1. The quantitative estimate of drug-likeness (QED) is 0.789. The van der Waals surface area contributed by atoms with E-state index in [1.54, 1.807) is 0 Å². The molecule has 17 heavy (non-hydrogen) atoms. The first-order valence-corrected chi connectivity index (χ1v) is 6.21. The Morgan fingerprint density at radius 3 is 2.53 bits per heavy atom. The summed E-state index contributed by atoms with van der Waals surface area (Å²) in [6, 6.07) is 10.2. The van der Waals surface area contributed by atoms with Crippen LogP contribution >= 0.6 is 0 Å². The number of amides is 1. The number of hydrogen-bond acceptors (Lipinski definition) is 2. The summed E-state index contributed by atoms with van der Waals surface area (Å²) in [5, 5.41) is 2.96. The van der Waals surface area contributed by atoms with Crippen molar-refractivity contribution in [3.63, 3.8) is 0 Å². The van der Waals surface area contributed by atoms with Crippen LogP contribution in [0.1, 0.15) is 31.7 Å². The summed E-state index contributed by atoms with van der Waals surface area (Å²) in [6.07, 6.45) is 0.794. The van der Waals surface area contributed by atoms with E-state index in [4.69, 9.17) is 5.73 Å². The van der Waals surface area contributed by atoms with Crippen LogP contribution in [0.25, 0.3) is 0 Å². The molecule has 1 rings (SSSR count). The van der Waals surface area contributed by atoms with Gasteiger partial charge in [0, 0.05) is 19.0 Å². The first-order chi connectivity index (χ1) is 8.19. The summed E-state index contributed by atoms with van der Waals surface area (Å²) in [6.45, 7) is 5.18. The van der Waals surface area contributed by atoms with Gasteiger partial charge in [-0.15, -0.1) is 0 Å². The molecule has 2 unspecified atom stereocenters. The van der Waals surface area contributed by atoms with E-state index in [0.717, 1.165) is 6.42 Å². The summed E-state index contributed by atoms with van der Waals surface area (Å²) < 4.78 is 0. The molecule has 0 spiro atoms. The number of carbonyl (C=O) groups is 1. The first kappa shape index (κ1) is 13.7. The summed E-state index contributed by atoms with van der Waals surface area (Å²) in [7, 11) is 0. The van der Waals surface area contributed by atoms with E-state index >= 15 is 0 Å². The lowest BCUT2D eigenvalue weighted by Gasteiger charge is -2.16. The smallest absolute Gasteiger partial charge is 0.224 e.